The van der Waals surface area contributed by atoms with E-state index in [1.165, 1.54) is 13.0 Å². The lowest BCUT2D eigenvalue weighted by Crippen LogP contribution is -2.41. The minimum Gasteiger partial charge on any atom is -0.454 e. The number of benzene rings is 1. The molecule has 0 aliphatic heterocycles. The zero-order valence-electron chi connectivity index (χ0n) is 14.4. The molecule has 0 radical (unpaired) electrons. The summed E-state index contributed by atoms with van der Waals surface area (Å²) >= 11 is 0. The van der Waals surface area contributed by atoms with E-state index in [0.717, 1.165) is 31.2 Å². The Morgan fingerprint density at radius 1 is 1.20 bits per heavy atom. The van der Waals surface area contributed by atoms with E-state index in [-0.39, 0.29) is 18.6 Å². The fourth-order valence-corrected chi connectivity index (χ4v) is 2.66. The first-order valence-corrected chi connectivity index (χ1v) is 8.54. The summed E-state index contributed by atoms with van der Waals surface area (Å²) in [5.74, 6) is -1.34. The van der Waals surface area contributed by atoms with E-state index in [1.807, 2.05) is 30.3 Å². The van der Waals surface area contributed by atoms with Gasteiger partial charge in [-0.1, -0.05) is 43.2 Å². The first kappa shape index (κ1) is 18.7. The summed E-state index contributed by atoms with van der Waals surface area (Å²) in [5, 5.41) is 5.35. The predicted molar refractivity (Wildman–Crippen MR) is 94.4 cm³/mol. The van der Waals surface area contributed by atoms with Crippen LogP contribution in [0, 0.1) is 0 Å². The van der Waals surface area contributed by atoms with Crippen LogP contribution >= 0.6 is 0 Å². The van der Waals surface area contributed by atoms with Gasteiger partial charge >= 0.3 is 5.97 Å². The lowest BCUT2D eigenvalue weighted by atomic mass is 10.2. The molecule has 1 aliphatic rings. The van der Waals surface area contributed by atoms with Gasteiger partial charge in [0.05, 0.1) is 0 Å². The molecule has 134 valence electrons. The molecule has 1 aromatic carbocycles. The van der Waals surface area contributed by atoms with Crippen LogP contribution in [0.2, 0.25) is 0 Å². The highest BCUT2D eigenvalue weighted by atomic mass is 16.5. The fraction of sp³-hybridized carbons (Fsp3) is 0.421. The maximum atomic E-state index is 11.9. The summed E-state index contributed by atoms with van der Waals surface area (Å²) in [5.41, 5.74) is 0.886. The standard InChI is InChI=1S/C19H24N2O4/c1-14(20-17(22)12-11-15-7-3-2-4-8-15)19(24)25-13-18(23)21-16-9-5-6-10-16/h2-4,7-8,11-12,14,16H,5-6,9-10,13H2,1H3,(H,20,22)(H,21,23)/b12-11+/t14-/m0/s1. The number of nitrogens with one attached hydrogen (secondary N) is 2. The predicted octanol–water partition coefficient (Wildman–Crippen LogP) is 1.81. The van der Waals surface area contributed by atoms with E-state index in [1.54, 1.807) is 6.08 Å². The summed E-state index contributed by atoms with van der Waals surface area (Å²) in [7, 11) is 0. The number of carbonyl (C=O) groups excluding carboxylic acids is 3. The van der Waals surface area contributed by atoms with Gasteiger partial charge in [0.15, 0.2) is 6.61 Å². The second-order valence-electron chi connectivity index (χ2n) is 6.13. The van der Waals surface area contributed by atoms with Gasteiger partial charge in [0.25, 0.3) is 5.91 Å². The molecule has 1 atom stereocenters. The van der Waals surface area contributed by atoms with Crippen molar-refractivity contribution in [3.05, 3.63) is 42.0 Å². The van der Waals surface area contributed by atoms with Crippen LogP contribution in [0.15, 0.2) is 36.4 Å². The molecule has 0 saturated heterocycles. The molecule has 1 fully saturated rings. The summed E-state index contributed by atoms with van der Waals surface area (Å²) in [6.45, 7) is 1.20. The Morgan fingerprint density at radius 2 is 1.88 bits per heavy atom. The molecule has 0 heterocycles. The monoisotopic (exact) mass is 344 g/mol. The van der Waals surface area contributed by atoms with Crippen molar-refractivity contribution in [2.75, 3.05) is 6.61 Å². The molecule has 25 heavy (non-hydrogen) atoms. The Bertz CT molecular complexity index is 622. The lowest BCUT2D eigenvalue weighted by molar-refractivity contribution is -0.151. The van der Waals surface area contributed by atoms with Crippen LogP contribution in [-0.4, -0.2) is 36.5 Å². The first-order chi connectivity index (χ1) is 12.0. The lowest BCUT2D eigenvalue weighted by Gasteiger charge is -2.14. The van der Waals surface area contributed by atoms with Crippen LogP contribution in [0.3, 0.4) is 0 Å². The number of ether oxygens (including phenoxy) is 1. The summed E-state index contributed by atoms with van der Waals surface area (Å²) in [6, 6.07) is 8.72. The zero-order chi connectivity index (χ0) is 18.1. The number of hydrogen-bond donors (Lipinski definition) is 2. The second-order valence-corrected chi connectivity index (χ2v) is 6.13. The van der Waals surface area contributed by atoms with Gasteiger partial charge in [0, 0.05) is 12.1 Å². The van der Waals surface area contributed by atoms with E-state index in [2.05, 4.69) is 10.6 Å². The number of esters is 1. The van der Waals surface area contributed by atoms with Crippen molar-refractivity contribution >= 4 is 23.9 Å². The molecule has 1 saturated carbocycles. The average Bonchev–Trinajstić information content (AvgIpc) is 3.11. The van der Waals surface area contributed by atoms with Crippen LogP contribution in [0.1, 0.15) is 38.2 Å². The molecule has 2 rings (SSSR count). The third-order valence-corrected chi connectivity index (χ3v) is 4.00. The van der Waals surface area contributed by atoms with Crippen LogP contribution in [0.4, 0.5) is 0 Å². The molecule has 1 aromatic rings. The molecule has 6 heteroatoms. The Kier molecular flexibility index (Phi) is 7.19. The van der Waals surface area contributed by atoms with Crippen LogP contribution in [-0.2, 0) is 19.1 Å². The van der Waals surface area contributed by atoms with E-state index in [4.69, 9.17) is 4.74 Å². The van der Waals surface area contributed by atoms with E-state index >= 15 is 0 Å². The van der Waals surface area contributed by atoms with Crippen molar-refractivity contribution in [3.63, 3.8) is 0 Å². The van der Waals surface area contributed by atoms with Gasteiger partial charge in [-0.05, 0) is 31.4 Å². The van der Waals surface area contributed by atoms with Crippen molar-refractivity contribution < 1.29 is 19.1 Å². The Hall–Kier alpha value is -2.63. The van der Waals surface area contributed by atoms with Gasteiger partial charge in [0.1, 0.15) is 6.04 Å². The minimum absolute atomic E-state index is 0.187. The largest absolute Gasteiger partial charge is 0.454 e. The average molecular weight is 344 g/mol. The second kappa shape index (κ2) is 9.61. The van der Waals surface area contributed by atoms with Crippen molar-refractivity contribution in [1.29, 1.82) is 0 Å². The van der Waals surface area contributed by atoms with Gasteiger partial charge in [-0.3, -0.25) is 9.59 Å². The van der Waals surface area contributed by atoms with Crippen molar-refractivity contribution in [1.82, 2.24) is 10.6 Å². The highest BCUT2D eigenvalue weighted by Gasteiger charge is 2.20. The number of rotatable bonds is 7. The van der Waals surface area contributed by atoms with Crippen molar-refractivity contribution in [2.24, 2.45) is 0 Å². The number of amides is 2. The zero-order valence-corrected chi connectivity index (χ0v) is 14.4. The third-order valence-electron chi connectivity index (χ3n) is 4.00. The summed E-state index contributed by atoms with van der Waals surface area (Å²) in [4.78, 5) is 35.4. The number of carbonyl (C=O) groups is 3. The fourth-order valence-electron chi connectivity index (χ4n) is 2.66. The van der Waals surface area contributed by atoms with E-state index in [9.17, 15) is 14.4 Å². The molecule has 1 aliphatic carbocycles. The van der Waals surface area contributed by atoms with E-state index < -0.39 is 17.9 Å². The maximum absolute atomic E-state index is 11.9. The molecule has 0 spiro atoms. The van der Waals surface area contributed by atoms with Gasteiger partial charge in [-0.2, -0.15) is 0 Å². The highest BCUT2D eigenvalue weighted by molar-refractivity contribution is 5.94. The first-order valence-electron chi connectivity index (χ1n) is 8.54. The molecule has 0 bridgehead atoms. The van der Waals surface area contributed by atoms with Gasteiger partial charge in [0.2, 0.25) is 5.91 Å². The highest BCUT2D eigenvalue weighted by Crippen LogP contribution is 2.17. The van der Waals surface area contributed by atoms with Crippen molar-refractivity contribution in [2.45, 2.75) is 44.7 Å². The topological polar surface area (TPSA) is 84.5 Å². The summed E-state index contributed by atoms with van der Waals surface area (Å²) < 4.78 is 4.95. The number of hydrogen-bond acceptors (Lipinski definition) is 4. The molecule has 6 nitrogen and oxygen atoms in total. The van der Waals surface area contributed by atoms with Gasteiger partial charge in [-0.15, -0.1) is 0 Å². The smallest absolute Gasteiger partial charge is 0.328 e. The molecular formula is C19H24N2O4. The maximum Gasteiger partial charge on any atom is 0.328 e. The third kappa shape index (κ3) is 6.79. The molecule has 0 unspecified atom stereocenters. The molecule has 2 amide bonds. The Morgan fingerprint density at radius 3 is 2.56 bits per heavy atom. The van der Waals surface area contributed by atoms with Crippen molar-refractivity contribution in [3.8, 4) is 0 Å². The SMILES string of the molecule is C[C@H](NC(=O)/C=C/c1ccccc1)C(=O)OCC(=O)NC1CCCC1. The van der Waals surface area contributed by atoms with Gasteiger partial charge in [-0.25, -0.2) is 4.79 Å². The normalized spacial score (nSPS) is 15.7. The Balaban J connectivity index is 1.69. The molecular weight excluding hydrogens is 320 g/mol. The quantitative estimate of drug-likeness (QED) is 0.583. The van der Waals surface area contributed by atoms with E-state index in [0.29, 0.717) is 0 Å². The molecule has 2 N–H and O–H groups in total. The van der Waals surface area contributed by atoms with Crippen LogP contribution in [0.5, 0.6) is 0 Å². The molecule has 0 aromatic heterocycles. The Labute approximate surface area is 147 Å². The minimum atomic E-state index is -0.827. The summed E-state index contributed by atoms with van der Waals surface area (Å²) in [6.07, 6.45) is 7.18. The van der Waals surface area contributed by atoms with Crippen LogP contribution in [0.25, 0.3) is 6.08 Å². The van der Waals surface area contributed by atoms with Crippen LogP contribution < -0.4 is 10.6 Å². The van der Waals surface area contributed by atoms with Gasteiger partial charge < -0.3 is 15.4 Å².